The van der Waals surface area contributed by atoms with Gasteiger partial charge in [-0.1, -0.05) is 0 Å². The molecule has 15 heteroatoms. The minimum atomic E-state index is -4.22. The van der Waals surface area contributed by atoms with Crippen molar-refractivity contribution in [2.75, 3.05) is 82.8 Å². The monoisotopic (exact) mass is 633 g/mol. The Morgan fingerprint density at radius 1 is 1.09 bits per heavy atom. The molecule has 2 aliphatic heterocycles. The van der Waals surface area contributed by atoms with E-state index in [0.29, 0.717) is 28.6 Å². The highest BCUT2D eigenvalue weighted by atomic mass is 32.2. The van der Waals surface area contributed by atoms with Crippen molar-refractivity contribution >= 4 is 33.1 Å². The summed E-state index contributed by atoms with van der Waals surface area (Å²) in [4.78, 5) is 19.7. The van der Waals surface area contributed by atoms with Gasteiger partial charge in [0.2, 0.25) is 10.0 Å². The minimum Gasteiger partial charge on any atom is -0.380 e. The van der Waals surface area contributed by atoms with Gasteiger partial charge in [-0.05, 0) is 37.4 Å². The molecule has 1 aromatic heterocycles. The number of halogens is 2. The van der Waals surface area contributed by atoms with E-state index in [0.717, 1.165) is 48.3 Å². The number of hydrogen-bond acceptors (Lipinski definition) is 9. The van der Waals surface area contributed by atoms with E-state index in [1.54, 1.807) is 20.3 Å². The average molecular weight is 634 g/mol. The summed E-state index contributed by atoms with van der Waals surface area (Å²) in [6.07, 6.45) is -0.200. The van der Waals surface area contributed by atoms with Crippen LogP contribution in [0.5, 0.6) is 0 Å². The molecule has 0 saturated carbocycles. The van der Waals surface area contributed by atoms with Gasteiger partial charge < -0.3 is 29.5 Å². The Kier molecular flexibility index (Phi) is 9.51. The van der Waals surface area contributed by atoms with Gasteiger partial charge in [-0.15, -0.1) is 0 Å². The predicted molar refractivity (Wildman–Crippen MR) is 161 cm³/mol. The van der Waals surface area contributed by atoms with Crippen LogP contribution in [0.3, 0.4) is 0 Å². The number of nitrogens with one attached hydrogen (secondary N) is 2. The number of carbonyl (C=O) groups is 1. The number of rotatable bonds is 10. The molecule has 3 aromatic rings. The fourth-order valence-electron chi connectivity index (χ4n) is 5.48. The van der Waals surface area contributed by atoms with E-state index in [1.165, 1.54) is 0 Å². The van der Waals surface area contributed by atoms with Crippen molar-refractivity contribution < 1.29 is 31.5 Å². The second kappa shape index (κ2) is 13.2. The Morgan fingerprint density at radius 3 is 2.45 bits per heavy atom. The summed E-state index contributed by atoms with van der Waals surface area (Å²) in [7, 11) is 2.83. The van der Waals surface area contributed by atoms with Gasteiger partial charge in [-0.2, -0.15) is 9.40 Å². The Bertz CT molecular complexity index is 1590. The lowest BCUT2D eigenvalue weighted by molar-refractivity contribution is 0.0294. The number of benzene rings is 2. The fraction of sp³-hybridized carbons (Fsp3) is 0.448. The fourth-order valence-corrected chi connectivity index (χ4v) is 6.93. The number of methoxy groups -OCH3 is 2. The zero-order chi connectivity index (χ0) is 31.6. The summed E-state index contributed by atoms with van der Waals surface area (Å²) in [5.74, 6) is -2.26. The van der Waals surface area contributed by atoms with Crippen molar-refractivity contribution in [1.82, 2.24) is 19.4 Å². The van der Waals surface area contributed by atoms with E-state index in [2.05, 4.69) is 32.4 Å². The Balaban J connectivity index is 1.42. The van der Waals surface area contributed by atoms with Gasteiger partial charge >= 0.3 is 0 Å². The maximum absolute atomic E-state index is 13.8. The largest absolute Gasteiger partial charge is 0.380 e. The molecule has 12 nitrogen and oxygen atoms in total. The number of anilines is 3. The second-order valence-electron chi connectivity index (χ2n) is 10.9. The maximum Gasteiger partial charge on any atom is 0.258 e. The van der Waals surface area contributed by atoms with E-state index in [-0.39, 0.29) is 31.9 Å². The molecule has 2 aliphatic rings. The summed E-state index contributed by atoms with van der Waals surface area (Å²) in [5.41, 5.74) is 3.08. The molecule has 0 aliphatic carbocycles. The number of nitrogens with zero attached hydrogens (tertiary/aromatic N) is 5. The summed E-state index contributed by atoms with van der Waals surface area (Å²) < 4.78 is 66.3. The van der Waals surface area contributed by atoms with Crippen LogP contribution in [0.15, 0.2) is 41.3 Å². The quantitative estimate of drug-likeness (QED) is 0.324. The molecule has 1 atom stereocenters. The topological polar surface area (TPSA) is 123 Å². The van der Waals surface area contributed by atoms with E-state index < -0.39 is 38.7 Å². The molecule has 2 aromatic carbocycles. The molecule has 5 rings (SSSR count). The number of amides is 1. The smallest absolute Gasteiger partial charge is 0.258 e. The Labute approximate surface area is 255 Å². The molecule has 0 spiro atoms. The number of H-pyrrole nitrogens is 1. The van der Waals surface area contributed by atoms with E-state index in [1.807, 2.05) is 24.1 Å². The van der Waals surface area contributed by atoms with Gasteiger partial charge in [-0.3, -0.25) is 9.89 Å². The molecule has 1 saturated heterocycles. The van der Waals surface area contributed by atoms with Gasteiger partial charge in [0.1, 0.15) is 11.6 Å². The third-order valence-electron chi connectivity index (χ3n) is 8.09. The molecule has 2 N–H and O–H groups in total. The van der Waals surface area contributed by atoms with E-state index in [9.17, 15) is 22.0 Å². The van der Waals surface area contributed by atoms with E-state index >= 15 is 0 Å². The third-order valence-corrected chi connectivity index (χ3v) is 9.91. The van der Waals surface area contributed by atoms with Crippen molar-refractivity contribution in [3.8, 4) is 0 Å². The van der Waals surface area contributed by atoms with Crippen LogP contribution in [0.25, 0.3) is 0 Å². The first-order valence-corrected chi connectivity index (χ1v) is 15.6. The van der Waals surface area contributed by atoms with Gasteiger partial charge in [0.15, 0.2) is 12.0 Å². The van der Waals surface area contributed by atoms with Gasteiger partial charge in [0.25, 0.3) is 5.91 Å². The first-order chi connectivity index (χ1) is 21.0. The molecule has 238 valence electrons. The lowest BCUT2D eigenvalue weighted by Gasteiger charge is -2.35. The van der Waals surface area contributed by atoms with Crippen molar-refractivity contribution in [3.63, 3.8) is 0 Å². The standard InChI is InChI=1S/C29H37F2N7O5S/c1-35-9-11-37(12-10-35)21-5-6-23(26(16-21)36(2)27(43-4)18-42-3)29(39)32-28-24-17-38(8-7-25(24)33-34-28)44(40,41)22-14-19(30)13-20(31)15-22/h5-6,13-16,27H,7-12,17-18H2,1-4H3,(H2,32,33,34,39). The average Bonchev–Trinajstić information content (AvgIpc) is 3.40. The highest BCUT2D eigenvalue weighted by Gasteiger charge is 2.33. The van der Waals surface area contributed by atoms with Crippen LogP contribution in [0, 0.1) is 11.6 Å². The molecule has 1 unspecified atom stereocenters. The summed E-state index contributed by atoms with van der Waals surface area (Å²) in [6.45, 7) is 3.72. The maximum atomic E-state index is 13.8. The van der Waals surface area contributed by atoms with Gasteiger partial charge in [-0.25, -0.2) is 17.2 Å². The molecular formula is C29H37F2N7O5S. The van der Waals surface area contributed by atoms with Crippen LogP contribution < -0.4 is 15.1 Å². The molecule has 0 bridgehead atoms. The molecule has 3 heterocycles. The number of carbonyl (C=O) groups excluding carboxylic acids is 1. The SMILES string of the molecule is COCC(OC)N(C)c1cc(N2CCN(C)CC2)ccc1C(=O)Nc1n[nH]c2c1CN(S(=O)(=O)c1cc(F)cc(F)c1)CC2. The Hall–Kier alpha value is -3.63. The van der Waals surface area contributed by atoms with Crippen LogP contribution >= 0.6 is 0 Å². The van der Waals surface area contributed by atoms with Gasteiger partial charge in [0, 0.05) is 90.0 Å². The van der Waals surface area contributed by atoms with Crippen LogP contribution in [0.4, 0.5) is 26.0 Å². The first kappa shape index (κ1) is 31.8. The first-order valence-electron chi connectivity index (χ1n) is 14.2. The predicted octanol–water partition coefficient (Wildman–Crippen LogP) is 2.49. The van der Waals surface area contributed by atoms with Crippen molar-refractivity contribution in [2.24, 2.45) is 0 Å². The normalized spacial score (nSPS) is 16.9. The van der Waals surface area contributed by atoms with Crippen LogP contribution in [-0.2, 0) is 32.5 Å². The number of likely N-dealkylation sites (N-methyl/N-ethyl adjacent to an activating group) is 2. The number of sulfonamides is 1. The van der Waals surface area contributed by atoms with Crippen molar-refractivity contribution in [2.45, 2.75) is 24.1 Å². The number of ether oxygens (including phenoxy) is 2. The lowest BCUT2D eigenvalue weighted by Crippen LogP contribution is -2.44. The number of aromatic nitrogens is 2. The highest BCUT2D eigenvalue weighted by molar-refractivity contribution is 7.89. The molecule has 1 fully saturated rings. The molecule has 44 heavy (non-hydrogen) atoms. The minimum absolute atomic E-state index is 0.0731. The number of hydrogen-bond donors (Lipinski definition) is 2. The zero-order valence-electron chi connectivity index (χ0n) is 25.1. The Morgan fingerprint density at radius 2 is 1.80 bits per heavy atom. The number of aromatic amines is 1. The molecule has 0 radical (unpaired) electrons. The van der Waals surface area contributed by atoms with Crippen molar-refractivity contribution in [3.05, 3.63) is 64.9 Å². The zero-order valence-corrected chi connectivity index (χ0v) is 26.0. The van der Waals surface area contributed by atoms with Crippen molar-refractivity contribution in [1.29, 1.82) is 0 Å². The second-order valence-corrected chi connectivity index (χ2v) is 12.9. The lowest BCUT2D eigenvalue weighted by atomic mass is 10.1. The summed E-state index contributed by atoms with van der Waals surface area (Å²) >= 11 is 0. The molecular weight excluding hydrogens is 596 g/mol. The van der Waals surface area contributed by atoms with Crippen LogP contribution in [0.1, 0.15) is 21.6 Å². The van der Waals surface area contributed by atoms with Gasteiger partial charge in [0.05, 0.1) is 22.8 Å². The summed E-state index contributed by atoms with van der Waals surface area (Å²) in [5, 5.41) is 9.99. The van der Waals surface area contributed by atoms with E-state index in [4.69, 9.17) is 9.47 Å². The molecule has 1 amide bonds. The summed E-state index contributed by atoms with van der Waals surface area (Å²) in [6, 6.07) is 7.79. The van der Waals surface area contributed by atoms with Crippen LogP contribution in [-0.4, -0.2) is 108 Å². The third kappa shape index (κ3) is 6.56. The number of fused-ring (bicyclic) bond motifs is 1. The number of piperazine rings is 1. The highest BCUT2D eigenvalue weighted by Crippen LogP contribution is 2.32. The van der Waals surface area contributed by atoms with Crippen LogP contribution in [0.2, 0.25) is 0 Å².